The molecule has 0 bridgehead atoms. The standard InChI is InChI=1S/C26H37N7O/c27-23-19-21-15-14-20-11-8-9-12-22(20)25(21)32-33(23)18-10-6-4-2-1-3-5-7-13-24(34)30-31-26-28-16-17-29-26/h8-9,11-12,19,27H,1-7,10,13-18H2,(H,30,34)(H2,28,29,31). The first kappa shape index (κ1) is 24.0. The summed E-state index contributed by atoms with van der Waals surface area (Å²) in [4.78, 5) is 16.0. The Labute approximate surface area is 201 Å². The van der Waals surface area contributed by atoms with Gasteiger partial charge in [0.25, 0.3) is 0 Å². The Morgan fingerprint density at radius 1 is 1.00 bits per heavy atom. The molecule has 2 aromatic rings. The molecule has 1 aromatic carbocycles. The summed E-state index contributed by atoms with van der Waals surface area (Å²) in [5.74, 6) is 0.667. The molecule has 1 aliphatic heterocycles. The highest BCUT2D eigenvalue weighted by Gasteiger charge is 2.18. The first-order valence-electron chi connectivity index (χ1n) is 12.8. The van der Waals surface area contributed by atoms with E-state index in [1.54, 1.807) is 0 Å². The van der Waals surface area contributed by atoms with Gasteiger partial charge in [0.15, 0.2) is 0 Å². The fourth-order valence-electron chi connectivity index (χ4n) is 4.65. The molecule has 0 spiro atoms. The maximum absolute atomic E-state index is 11.8. The van der Waals surface area contributed by atoms with Gasteiger partial charge >= 0.3 is 0 Å². The van der Waals surface area contributed by atoms with E-state index in [0.717, 1.165) is 63.9 Å². The van der Waals surface area contributed by atoms with E-state index in [0.29, 0.717) is 17.9 Å². The third-order valence-corrected chi connectivity index (χ3v) is 6.57. The summed E-state index contributed by atoms with van der Waals surface area (Å²) >= 11 is 0. The molecule has 0 fully saturated rings. The summed E-state index contributed by atoms with van der Waals surface area (Å²) in [5, 5.41) is 16.3. The number of guanidine groups is 1. The first-order valence-corrected chi connectivity index (χ1v) is 12.8. The molecule has 0 atom stereocenters. The molecular formula is C26H37N7O. The van der Waals surface area contributed by atoms with Crippen molar-refractivity contribution in [3.63, 3.8) is 0 Å². The van der Waals surface area contributed by atoms with Crippen LogP contribution in [0.1, 0.15) is 68.9 Å². The zero-order chi connectivity index (χ0) is 23.6. The lowest BCUT2D eigenvalue weighted by atomic mass is 9.89. The summed E-state index contributed by atoms with van der Waals surface area (Å²) in [7, 11) is 0. The lowest BCUT2D eigenvalue weighted by Crippen LogP contribution is -2.46. The Bertz CT molecular complexity index is 1060. The van der Waals surface area contributed by atoms with Crippen LogP contribution in [0.15, 0.2) is 35.3 Å². The minimum absolute atomic E-state index is 0.0157. The summed E-state index contributed by atoms with van der Waals surface area (Å²) in [6.07, 6.45) is 11.6. The number of aromatic nitrogens is 2. The van der Waals surface area contributed by atoms with Crippen LogP contribution in [0.3, 0.4) is 0 Å². The number of benzene rings is 1. The molecule has 0 unspecified atom stereocenters. The summed E-state index contributed by atoms with van der Waals surface area (Å²) in [6.45, 7) is 2.38. The van der Waals surface area contributed by atoms with Gasteiger partial charge in [0, 0.05) is 25.1 Å². The number of nitrogens with one attached hydrogen (secondary N) is 4. The average molecular weight is 464 g/mol. The molecule has 0 saturated heterocycles. The van der Waals surface area contributed by atoms with E-state index in [2.05, 4.69) is 45.4 Å². The van der Waals surface area contributed by atoms with Crippen LogP contribution in [0.4, 0.5) is 0 Å². The number of aliphatic imine (C=N–C) groups is 1. The fraction of sp³-hybridized carbons (Fsp3) is 0.538. The van der Waals surface area contributed by atoms with Gasteiger partial charge in [-0.25, -0.2) is 4.68 Å². The first-order chi connectivity index (χ1) is 16.7. The Kier molecular flexibility index (Phi) is 8.71. The maximum Gasteiger partial charge on any atom is 0.238 e. The third-order valence-electron chi connectivity index (χ3n) is 6.57. The lowest BCUT2D eigenvalue weighted by molar-refractivity contribution is -0.121. The van der Waals surface area contributed by atoms with Crippen molar-refractivity contribution in [1.29, 1.82) is 5.41 Å². The van der Waals surface area contributed by atoms with Crippen LogP contribution in [0.2, 0.25) is 0 Å². The molecular weight excluding hydrogens is 426 g/mol. The molecule has 1 amide bonds. The van der Waals surface area contributed by atoms with Gasteiger partial charge in [0.1, 0.15) is 5.49 Å². The summed E-state index contributed by atoms with van der Waals surface area (Å²) in [5.41, 5.74) is 10.9. The molecule has 8 nitrogen and oxygen atoms in total. The quantitative estimate of drug-likeness (QED) is 0.303. The predicted molar refractivity (Wildman–Crippen MR) is 134 cm³/mol. The Balaban J connectivity index is 1.07. The minimum Gasteiger partial charge on any atom is -0.353 e. The maximum atomic E-state index is 11.8. The van der Waals surface area contributed by atoms with Crippen molar-refractivity contribution in [3.05, 3.63) is 46.9 Å². The Morgan fingerprint density at radius 3 is 2.53 bits per heavy atom. The number of nitrogens with zero attached hydrogens (tertiary/aromatic N) is 3. The van der Waals surface area contributed by atoms with Crippen molar-refractivity contribution in [3.8, 4) is 11.3 Å². The lowest BCUT2D eigenvalue weighted by Gasteiger charge is -2.20. The molecule has 1 aromatic heterocycles. The van der Waals surface area contributed by atoms with Crippen molar-refractivity contribution in [2.45, 2.75) is 77.2 Å². The van der Waals surface area contributed by atoms with Gasteiger partial charge in [-0.2, -0.15) is 5.10 Å². The van der Waals surface area contributed by atoms with Crippen LogP contribution >= 0.6 is 0 Å². The molecule has 34 heavy (non-hydrogen) atoms. The zero-order valence-electron chi connectivity index (χ0n) is 20.0. The van der Waals surface area contributed by atoms with Crippen molar-refractivity contribution in [2.24, 2.45) is 4.99 Å². The molecule has 8 heteroatoms. The van der Waals surface area contributed by atoms with Gasteiger partial charge in [-0.15, -0.1) is 0 Å². The number of carbonyl (C=O) groups excluding carboxylic acids is 1. The molecule has 4 rings (SSSR count). The van der Waals surface area contributed by atoms with Gasteiger partial charge in [0.2, 0.25) is 11.9 Å². The average Bonchev–Trinajstić information content (AvgIpc) is 3.38. The van der Waals surface area contributed by atoms with Crippen molar-refractivity contribution in [1.82, 2.24) is 25.9 Å². The van der Waals surface area contributed by atoms with E-state index < -0.39 is 0 Å². The second-order valence-corrected chi connectivity index (χ2v) is 9.19. The van der Waals surface area contributed by atoms with Crippen LogP contribution in [0.5, 0.6) is 0 Å². The monoisotopic (exact) mass is 463 g/mol. The van der Waals surface area contributed by atoms with E-state index in [1.165, 1.54) is 42.4 Å². The highest BCUT2D eigenvalue weighted by atomic mass is 16.2. The van der Waals surface area contributed by atoms with E-state index in [4.69, 9.17) is 10.5 Å². The number of hydrogen-bond acceptors (Lipinski definition) is 6. The number of carbonyl (C=O) groups is 1. The predicted octanol–water partition coefficient (Wildman–Crippen LogP) is 3.22. The topological polar surface area (TPSA) is 107 Å². The summed E-state index contributed by atoms with van der Waals surface area (Å²) < 4.78 is 1.87. The van der Waals surface area contributed by atoms with Crippen LogP contribution in [-0.4, -0.2) is 34.7 Å². The Morgan fingerprint density at radius 2 is 1.74 bits per heavy atom. The number of amides is 1. The second-order valence-electron chi connectivity index (χ2n) is 9.19. The number of rotatable bonds is 11. The summed E-state index contributed by atoms with van der Waals surface area (Å²) in [6, 6.07) is 10.5. The highest BCUT2D eigenvalue weighted by molar-refractivity contribution is 5.84. The van der Waals surface area contributed by atoms with Crippen molar-refractivity contribution < 1.29 is 4.79 Å². The van der Waals surface area contributed by atoms with Crippen LogP contribution < -0.4 is 21.7 Å². The number of fused-ring (bicyclic) bond motifs is 3. The number of aryl methyl sites for hydroxylation is 3. The van der Waals surface area contributed by atoms with Crippen LogP contribution in [-0.2, 0) is 24.2 Å². The molecule has 182 valence electrons. The molecule has 4 N–H and O–H groups in total. The van der Waals surface area contributed by atoms with E-state index in [9.17, 15) is 4.79 Å². The van der Waals surface area contributed by atoms with Gasteiger partial charge < -0.3 is 5.32 Å². The van der Waals surface area contributed by atoms with Crippen molar-refractivity contribution in [2.75, 3.05) is 13.1 Å². The minimum atomic E-state index is 0.0157. The number of unbranched alkanes of at least 4 members (excludes halogenated alkanes) is 7. The van der Waals surface area contributed by atoms with Gasteiger partial charge in [-0.05, 0) is 42.9 Å². The number of hydrogen-bond donors (Lipinski definition) is 4. The van der Waals surface area contributed by atoms with E-state index >= 15 is 0 Å². The fourth-order valence-corrected chi connectivity index (χ4v) is 4.65. The molecule has 0 saturated carbocycles. The van der Waals surface area contributed by atoms with E-state index in [1.807, 2.05) is 10.7 Å². The van der Waals surface area contributed by atoms with Crippen LogP contribution in [0, 0.1) is 5.41 Å². The largest absolute Gasteiger partial charge is 0.353 e. The number of hydrazine groups is 1. The molecule has 1 aliphatic carbocycles. The smallest absolute Gasteiger partial charge is 0.238 e. The normalized spacial score (nSPS) is 14.1. The molecule has 2 heterocycles. The van der Waals surface area contributed by atoms with E-state index in [-0.39, 0.29) is 5.91 Å². The Hall–Kier alpha value is -3.16. The second kappa shape index (κ2) is 12.3. The van der Waals surface area contributed by atoms with Gasteiger partial charge in [-0.3, -0.25) is 26.0 Å². The van der Waals surface area contributed by atoms with Crippen molar-refractivity contribution >= 4 is 11.9 Å². The zero-order valence-corrected chi connectivity index (χ0v) is 20.0. The van der Waals surface area contributed by atoms with Crippen LogP contribution in [0.25, 0.3) is 11.3 Å². The molecule has 2 aliphatic rings. The third kappa shape index (κ3) is 6.68. The highest BCUT2D eigenvalue weighted by Crippen LogP contribution is 2.30. The van der Waals surface area contributed by atoms with Gasteiger partial charge in [-0.1, -0.05) is 62.8 Å². The SMILES string of the molecule is N=c1cc2c(nn1CCCCCCCCCCC(=O)NNC1=NCCN1)-c1ccccc1CC2. The molecule has 0 radical (unpaired) electrons. The van der Waals surface area contributed by atoms with Gasteiger partial charge in [0.05, 0.1) is 12.2 Å².